The second-order valence-electron chi connectivity index (χ2n) is 5.39. The van der Waals surface area contributed by atoms with Crippen molar-refractivity contribution in [3.05, 3.63) is 36.4 Å². The number of nitrogens with one attached hydrogen (secondary N) is 1. The Kier molecular flexibility index (Phi) is 7.12. The number of rotatable bonds is 9. The second-order valence-corrected chi connectivity index (χ2v) is 5.39. The number of allylic oxidation sites excluding steroid dienone is 1. The predicted octanol–water partition coefficient (Wildman–Crippen LogP) is 2.03. The minimum absolute atomic E-state index is 0.218. The van der Waals surface area contributed by atoms with Crippen LogP contribution in [0.4, 0.5) is 0 Å². The molecule has 1 amide bonds. The molecule has 0 spiro atoms. The number of ether oxygens (including phenoxy) is 2. The van der Waals surface area contributed by atoms with Crippen LogP contribution in [0.5, 0.6) is 11.5 Å². The predicted molar refractivity (Wildman–Crippen MR) is 86.8 cm³/mol. The molecule has 0 radical (unpaired) electrons. The van der Waals surface area contributed by atoms with Crippen LogP contribution in [0.1, 0.15) is 19.4 Å². The van der Waals surface area contributed by atoms with E-state index in [2.05, 4.69) is 11.9 Å². The van der Waals surface area contributed by atoms with E-state index in [1.54, 1.807) is 26.0 Å². The Hall–Kier alpha value is -2.50. The third-order valence-corrected chi connectivity index (χ3v) is 3.22. The van der Waals surface area contributed by atoms with Gasteiger partial charge in [-0.2, -0.15) is 0 Å². The zero-order valence-corrected chi connectivity index (χ0v) is 13.7. The lowest BCUT2D eigenvalue weighted by Gasteiger charge is -2.18. The van der Waals surface area contributed by atoms with Gasteiger partial charge >= 0.3 is 5.97 Å². The van der Waals surface area contributed by atoms with Crippen LogP contribution in [0.3, 0.4) is 0 Å². The standard InChI is InChI=1S/C17H23NO5/c1-5-6-12-7-8-13(14(9-12)22-4)23-10-15(19)18-16(11(2)3)17(20)21/h5,7-9,11,16H,1,6,10H2,2-4H3,(H,18,19)(H,20,21). The molecule has 1 rings (SSSR count). The SMILES string of the molecule is C=CCc1ccc(OCC(=O)NC(C(=O)O)C(C)C)c(OC)c1. The first-order chi connectivity index (χ1) is 10.9. The summed E-state index contributed by atoms with van der Waals surface area (Å²) in [6, 6.07) is 4.43. The number of carbonyl (C=O) groups excluding carboxylic acids is 1. The van der Waals surface area contributed by atoms with Crippen LogP contribution in [-0.4, -0.2) is 36.7 Å². The quantitative estimate of drug-likeness (QED) is 0.680. The molecule has 1 atom stereocenters. The highest BCUT2D eigenvalue weighted by atomic mass is 16.5. The zero-order valence-electron chi connectivity index (χ0n) is 13.7. The summed E-state index contributed by atoms with van der Waals surface area (Å²) < 4.78 is 10.7. The lowest BCUT2D eigenvalue weighted by Crippen LogP contribution is -2.46. The molecule has 1 unspecified atom stereocenters. The van der Waals surface area contributed by atoms with Crippen molar-refractivity contribution >= 4 is 11.9 Å². The van der Waals surface area contributed by atoms with E-state index in [4.69, 9.17) is 14.6 Å². The minimum Gasteiger partial charge on any atom is -0.493 e. The number of aliphatic carboxylic acids is 1. The van der Waals surface area contributed by atoms with Gasteiger partial charge in [0.1, 0.15) is 6.04 Å². The molecule has 0 bridgehead atoms. The Labute approximate surface area is 136 Å². The molecule has 0 saturated carbocycles. The van der Waals surface area contributed by atoms with E-state index in [1.807, 2.05) is 12.1 Å². The number of benzene rings is 1. The fourth-order valence-electron chi connectivity index (χ4n) is 2.00. The molecule has 0 aliphatic carbocycles. The molecular formula is C17H23NO5. The van der Waals surface area contributed by atoms with Crippen LogP contribution in [0.2, 0.25) is 0 Å². The highest BCUT2D eigenvalue weighted by molar-refractivity contribution is 5.84. The Bertz CT molecular complexity index is 568. The van der Waals surface area contributed by atoms with E-state index in [9.17, 15) is 9.59 Å². The maximum absolute atomic E-state index is 11.9. The van der Waals surface area contributed by atoms with Crippen LogP contribution in [0, 0.1) is 5.92 Å². The molecule has 0 aliphatic rings. The lowest BCUT2D eigenvalue weighted by atomic mass is 10.1. The highest BCUT2D eigenvalue weighted by Gasteiger charge is 2.23. The van der Waals surface area contributed by atoms with Crippen molar-refractivity contribution in [2.24, 2.45) is 5.92 Å². The van der Waals surface area contributed by atoms with Gasteiger partial charge in [0.25, 0.3) is 5.91 Å². The number of hydrogen-bond acceptors (Lipinski definition) is 4. The molecule has 0 aromatic heterocycles. The van der Waals surface area contributed by atoms with Gasteiger partial charge in [-0.15, -0.1) is 6.58 Å². The maximum Gasteiger partial charge on any atom is 0.326 e. The summed E-state index contributed by atoms with van der Waals surface area (Å²) in [6.45, 7) is 6.84. The first kappa shape index (κ1) is 18.5. The van der Waals surface area contributed by atoms with E-state index in [-0.39, 0.29) is 12.5 Å². The third-order valence-electron chi connectivity index (χ3n) is 3.22. The Morgan fingerprint density at radius 3 is 2.57 bits per heavy atom. The minimum atomic E-state index is -1.07. The number of amides is 1. The van der Waals surface area contributed by atoms with Gasteiger partial charge in [0.2, 0.25) is 0 Å². The second kappa shape index (κ2) is 8.82. The summed E-state index contributed by atoms with van der Waals surface area (Å²) in [7, 11) is 1.51. The first-order valence-electron chi connectivity index (χ1n) is 7.31. The summed E-state index contributed by atoms with van der Waals surface area (Å²) in [5.74, 6) is -0.852. The molecule has 0 aliphatic heterocycles. The van der Waals surface area contributed by atoms with Gasteiger partial charge in [0, 0.05) is 0 Å². The zero-order chi connectivity index (χ0) is 17.4. The fourth-order valence-corrected chi connectivity index (χ4v) is 2.00. The van der Waals surface area contributed by atoms with Crippen molar-refractivity contribution in [1.29, 1.82) is 0 Å². The van der Waals surface area contributed by atoms with Crippen molar-refractivity contribution < 1.29 is 24.2 Å². The summed E-state index contributed by atoms with van der Waals surface area (Å²) in [5, 5.41) is 11.5. The van der Waals surface area contributed by atoms with Crippen LogP contribution >= 0.6 is 0 Å². The topological polar surface area (TPSA) is 84.9 Å². The van der Waals surface area contributed by atoms with Crippen LogP contribution in [0.25, 0.3) is 0 Å². The molecule has 126 valence electrons. The molecule has 6 nitrogen and oxygen atoms in total. The third kappa shape index (κ3) is 5.65. The van der Waals surface area contributed by atoms with E-state index in [0.717, 1.165) is 5.56 Å². The summed E-state index contributed by atoms with van der Waals surface area (Å²) in [5.41, 5.74) is 1.01. The number of carbonyl (C=O) groups is 2. The van der Waals surface area contributed by atoms with Gasteiger partial charge in [0.15, 0.2) is 18.1 Å². The van der Waals surface area contributed by atoms with Gasteiger partial charge < -0.3 is 19.9 Å². The summed E-state index contributed by atoms with van der Waals surface area (Å²) in [4.78, 5) is 22.9. The summed E-state index contributed by atoms with van der Waals surface area (Å²) in [6.07, 6.45) is 2.48. The van der Waals surface area contributed by atoms with E-state index in [0.29, 0.717) is 17.9 Å². The average Bonchev–Trinajstić information content (AvgIpc) is 2.50. The van der Waals surface area contributed by atoms with Crippen molar-refractivity contribution in [1.82, 2.24) is 5.32 Å². The molecule has 0 heterocycles. The van der Waals surface area contributed by atoms with Crippen molar-refractivity contribution in [2.75, 3.05) is 13.7 Å². The van der Waals surface area contributed by atoms with E-state index in [1.165, 1.54) is 7.11 Å². The summed E-state index contributed by atoms with van der Waals surface area (Å²) >= 11 is 0. The van der Waals surface area contributed by atoms with Crippen LogP contribution in [-0.2, 0) is 16.0 Å². The molecular weight excluding hydrogens is 298 g/mol. The van der Waals surface area contributed by atoms with E-state index >= 15 is 0 Å². The van der Waals surface area contributed by atoms with Gasteiger partial charge in [-0.3, -0.25) is 4.79 Å². The lowest BCUT2D eigenvalue weighted by molar-refractivity contribution is -0.143. The number of carboxylic acids is 1. The maximum atomic E-state index is 11.9. The molecule has 0 saturated heterocycles. The molecule has 1 aromatic rings. The molecule has 6 heteroatoms. The van der Waals surface area contributed by atoms with Gasteiger partial charge in [-0.25, -0.2) is 4.79 Å². The Morgan fingerprint density at radius 2 is 2.04 bits per heavy atom. The smallest absolute Gasteiger partial charge is 0.326 e. The molecule has 1 aromatic carbocycles. The van der Waals surface area contributed by atoms with Gasteiger partial charge in [-0.1, -0.05) is 26.0 Å². The molecule has 2 N–H and O–H groups in total. The Morgan fingerprint density at radius 1 is 1.35 bits per heavy atom. The monoisotopic (exact) mass is 321 g/mol. The van der Waals surface area contributed by atoms with Crippen LogP contribution < -0.4 is 14.8 Å². The largest absolute Gasteiger partial charge is 0.493 e. The Balaban J connectivity index is 2.68. The van der Waals surface area contributed by atoms with Crippen molar-refractivity contribution in [3.8, 4) is 11.5 Å². The van der Waals surface area contributed by atoms with E-state index < -0.39 is 17.9 Å². The van der Waals surface area contributed by atoms with Crippen molar-refractivity contribution in [2.45, 2.75) is 26.3 Å². The van der Waals surface area contributed by atoms with Gasteiger partial charge in [-0.05, 0) is 30.0 Å². The van der Waals surface area contributed by atoms with Crippen molar-refractivity contribution in [3.63, 3.8) is 0 Å². The van der Waals surface area contributed by atoms with Gasteiger partial charge in [0.05, 0.1) is 7.11 Å². The van der Waals surface area contributed by atoms with Crippen LogP contribution in [0.15, 0.2) is 30.9 Å². The first-order valence-corrected chi connectivity index (χ1v) is 7.31. The number of hydrogen-bond donors (Lipinski definition) is 2. The average molecular weight is 321 g/mol. The number of carboxylic acid groups (broad SMARTS) is 1. The highest BCUT2D eigenvalue weighted by Crippen LogP contribution is 2.28. The fraction of sp³-hybridized carbons (Fsp3) is 0.412. The number of methoxy groups -OCH3 is 1. The normalized spacial score (nSPS) is 11.7. The molecule has 23 heavy (non-hydrogen) atoms. The molecule has 0 fully saturated rings.